The van der Waals surface area contributed by atoms with Gasteiger partial charge in [0.25, 0.3) is 0 Å². The molecule has 0 saturated carbocycles. The number of piperazine rings is 1. The summed E-state index contributed by atoms with van der Waals surface area (Å²) in [6, 6.07) is 4.13. The molecule has 0 spiro atoms. The Balaban J connectivity index is 1.86. The lowest BCUT2D eigenvalue weighted by Crippen LogP contribution is -2.49. The fourth-order valence-corrected chi connectivity index (χ4v) is 2.56. The summed E-state index contributed by atoms with van der Waals surface area (Å²) in [5, 5.41) is 0. The third kappa shape index (κ3) is 4.70. The predicted molar refractivity (Wildman–Crippen MR) is 86.7 cm³/mol. The van der Waals surface area contributed by atoms with Gasteiger partial charge in [-0.25, -0.2) is 4.79 Å². The molecule has 0 aliphatic carbocycles. The number of carbonyl (C=O) groups excluding carboxylic acids is 1. The van der Waals surface area contributed by atoms with Crippen LogP contribution in [0.4, 0.5) is 4.79 Å². The van der Waals surface area contributed by atoms with Crippen LogP contribution >= 0.6 is 0 Å². The summed E-state index contributed by atoms with van der Waals surface area (Å²) >= 11 is 0. The summed E-state index contributed by atoms with van der Waals surface area (Å²) in [5.41, 5.74) is 2.02. The van der Waals surface area contributed by atoms with Crippen molar-refractivity contribution in [2.75, 3.05) is 26.2 Å². The molecule has 0 atom stereocenters. The average molecular weight is 305 g/mol. The summed E-state index contributed by atoms with van der Waals surface area (Å²) < 4.78 is 5.42. The minimum absolute atomic E-state index is 0.209. The number of hydrogen-bond acceptors (Lipinski definition) is 4. The molecule has 0 N–H and O–H groups in total. The van der Waals surface area contributed by atoms with E-state index in [1.54, 1.807) is 4.90 Å². The monoisotopic (exact) mass is 305 g/mol. The van der Waals surface area contributed by atoms with Crippen molar-refractivity contribution in [3.05, 3.63) is 29.6 Å². The minimum Gasteiger partial charge on any atom is -0.444 e. The van der Waals surface area contributed by atoms with E-state index < -0.39 is 5.60 Å². The maximum atomic E-state index is 12.1. The second kappa shape index (κ2) is 7.09. The molecular formula is C17H27N3O2. The van der Waals surface area contributed by atoms with Gasteiger partial charge in [0.05, 0.1) is 5.69 Å². The van der Waals surface area contributed by atoms with Crippen molar-refractivity contribution in [3.63, 3.8) is 0 Å². The van der Waals surface area contributed by atoms with E-state index >= 15 is 0 Å². The predicted octanol–water partition coefficient (Wildman–Crippen LogP) is 2.70. The lowest BCUT2D eigenvalue weighted by molar-refractivity contribution is 0.0138. The number of hydrogen-bond donors (Lipinski definition) is 0. The molecule has 2 heterocycles. The summed E-state index contributed by atoms with van der Waals surface area (Å²) in [5.74, 6) is 0. The van der Waals surface area contributed by atoms with Crippen LogP contribution in [0.5, 0.6) is 0 Å². The first-order valence-electron chi connectivity index (χ1n) is 8.02. The van der Waals surface area contributed by atoms with Crippen molar-refractivity contribution < 1.29 is 9.53 Å². The number of nitrogens with zero attached hydrogens (tertiary/aromatic N) is 3. The SMILES string of the molecule is CCc1cccnc1CN1CCN(C(=O)OC(C)(C)C)CC1. The fourth-order valence-electron chi connectivity index (χ4n) is 2.56. The molecule has 1 fully saturated rings. The second-order valence-electron chi connectivity index (χ2n) is 6.71. The van der Waals surface area contributed by atoms with E-state index in [2.05, 4.69) is 22.9 Å². The number of rotatable bonds is 3. The first kappa shape index (κ1) is 16.7. The van der Waals surface area contributed by atoms with Gasteiger partial charge in [0, 0.05) is 38.9 Å². The van der Waals surface area contributed by atoms with Crippen molar-refractivity contribution >= 4 is 6.09 Å². The van der Waals surface area contributed by atoms with Gasteiger partial charge >= 0.3 is 6.09 Å². The van der Waals surface area contributed by atoms with E-state index in [9.17, 15) is 4.79 Å². The van der Waals surface area contributed by atoms with Crippen LogP contribution in [0.15, 0.2) is 18.3 Å². The zero-order chi connectivity index (χ0) is 16.2. The highest BCUT2D eigenvalue weighted by Gasteiger charge is 2.26. The van der Waals surface area contributed by atoms with Crippen LogP contribution in [-0.2, 0) is 17.7 Å². The van der Waals surface area contributed by atoms with Crippen LogP contribution in [0.3, 0.4) is 0 Å². The Morgan fingerprint density at radius 2 is 1.95 bits per heavy atom. The Labute approximate surface area is 133 Å². The van der Waals surface area contributed by atoms with E-state index in [4.69, 9.17) is 4.74 Å². The molecule has 0 bridgehead atoms. The Bertz CT molecular complexity index is 503. The van der Waals surface area contributed by atoms with Crippen molar-refractivity contribution in [2.45, 2.75) is 46.3 Å². The van der Waals surface area contributed by atoms with E-state index in [1.165, 1.54) is 5.56 Å². The molecule has 1 aromatic heterocycles. The normalized spacial score (nSPS) is 16.6. The van der Waals surface area contributed by atoms with Crippen LogP contribution < -0.4 is 0 Å². The van der Waals surface area contributed by atoms with E-state index in [-0.39, 0.29) is 6.09 Å². The Kier molecular flexibility index (Phi) is 5.40. The third-order valence-corrected chi connectivity index (χ3v) is 3.76. The molecule has 0 unspecified atom stereocenters. The molecule has 5 heteroatoms. The summed E-state index contributed by atoms with van der Waals surface area (Å²) in [7, 11) is 0. The maximum Gasteiger partial charge on any atom is 0.410 e. The van der Waals surface area contributed by atoms with Gasteiger partial charge in [-0.05, 0) is 38.8 Å². The molecule has 1 aliphatic rings. The van der Waals surface area contributed by atoms with Gasteiger partial charge in [0.15, 0.2) is 0 Å². The number of amides is 1. The van der Waals surface area contributed by atoms with Gasteiger partial charge in [0.1, 0.15) is 5.60 Å². The Morgan fingerprint density at radius 3 is 2.55 bits per heavy atom. The average Bonchev–Trinajstić information content (AvgIpc) is 2.47. The van der Waals surface area contributed by atoms with E-state index in [1.807, 2.05) is 33.0 Å². The first-order chi connectivity index (χ1) is 10.4. The van der Waals surface area contributed by atoms with Gasteiger partial charge < -0.3 is 9.64 Å². The molecule has 1 amide bonds. The van der Waals surface area contributed by atoms with Gasteiger partial charge in [0.2, 0.25) is 0 Å². The van der Waals surface area contributed by atoms with Crippen LogP contribution in [0.2, 0.25) is 0 Å². The molecular weight excluding hydrogens is 278 g/mol. The van der Waals surface area contributed by atoms with Crippen LogP contribution in [0.25, 0.3) is 0 Å². The van der Waals surface area contributed by atoms with Crippen molar-refractivity contribution in [2.24, 2.45) is 0 Å². The zero-order valence-electron chi connectivity index (χ0n) is 14.1. The van der Waals surface area contributed by atoms with Crippen LogP contribution in [0, 0.1) is 0 Å². The molecule has 5 nitrogen and oxygen atoms in total. The third-order valence-electron chi connectivity index (χ3n) is 3.76. The highest BCUT2D eigenvalue weighted by Crippen LogP contribution is 2.14. The quantitative estimate of drug-likeness (QED) is 0.861. The molecule has 2 rings (SSSR count). The van der Waals surface area contributed by atoms with Crippen molar-refractivity contribution in [1.82, 2.24) is 14.8 Å². The lowest BCUT2D eigenvalue weighted by atomic mass is 10.1. The van der Waals surface area contributed by atoms with Gasteiger partial charge in [-0.1, -0.05) is 13.0 Å². The zero-order valence-corrected chi connectivity index (χ0v) is 14.1. The van der Waals surface area contributed by atoms with Crippen molar-refractivity contribution in [1.29, 1.82) is 0 Å². The molecule has 122 valence electrons. The molecule has 0 radical (unpaired) electrons. The number of aryl methyl sites for hydroxylation is 1. The van der Waals surface area contributed by atoms with Gasteiger partial charge in [-0.3, -0.25) is 9.88 Å². The van der Waals surface area contributed by atoms with Crippen LogP contribution in [-0.4, -0.2) is 52.7 Å². The molecule has 0 aromatic carbocycles. The lowest BCUT2D eigenvalue weighted by Gasteiger charge is -2.35. The number of ether oxygens (including phenoxy) is 1. The minimum atomic E-state index is -0.432. The second-order valence-corrected chi connectivity index (χ2v) is 6.71. The Hall–Kier alpha value is -1.62. The summed E-state index contributed by atoms with van der Waals surface area (Å²) in [6.07, 6.45) is 2.64. The molecule has 22 heavy (non-hydrogen) atoms. The molecule has 1 aliphatic heterocycles. The summed E-state index contributed by atoms with van der Waals surface area (Å²) in [4.78, 5) is 20.7. The standard InChI is InChI=1S/C17H27N3O2/c1-5-14-7-6-8-18-15(14)13-19-9-11-20(12-10-19)16(21)22-17(2,3)4/h6-8H,5,9-13H2,1-4H3. The molecule has 1 aromatic rings. The Morgan fingerprint density at radius 1 is 1.27 bits per heavy atom. The number of aromatic nitrogens is 1. The van der Waals surface area contributed by atoms with E-state index in [0.29, 0.717) is 13.1 Å². The maximum absolute atomic E-state index is 12.1. The highest BCUT2D eigenvalue weighted by atomic mass is 16.6. The highest BCUT2D eigenvalue weighted by molar-refractivity contribution is 5.68. The van der Waals surface area contributed by atoms with Gasteiger partial charge in [-0.15, -0.1) is 0 Å². The number of carbonyl (C=O) groups is 1. The van der Waals surface area contributed by atoms with Crippen molar-refractivity contribution in [3.8, 4) is 0 Å². The topological polar surface area (TPSA) is 45.7 Å². The molecule has 1 saturated heterocycles. The van der Waals surface area contributed by atoms with Gasteiger partial charge in [-0.2, -0.15) is 0 Å². The number of pyridine rings is 1. The smallest absolute Gasteiger partial charge is 0.410 e. The first-order valence-corrected chi connectivity index (χ1v) is 8.02. The summed E-state index contributed by atoms with van der Waals surface area (Å²) in [6.45, 7) is 11.8. The van der Waals surface area contributed by atoms with Crippen LogP contribution in [0.1, 0.15) is 39.0 Å². The fraction of sp³-hybridized carbons (Fsp3) is 0.647. The van der Waals surface area contributed by atoms with E-state index in [0.717, 1.165) is 31.7 Å². The largest absolute Gasteiger partial charge is 0.444 e.